The third-order valence-electron chi connectivity index (χ3n) is 5.16. The highest BCUT2D eigenvalue weighted by molar-refractivity contribution is 7.90. The van der Waals surface area contributed by atoms with Crippen molar-refractivity contribution in [2.24, 2.45) is 0 Å². The number of hydrogen-bond acceptors (Lipinski definition) is 7. The predicted molar refractivity (Wildman–Crippen MR) is 125 cm³/mol. The van der Waals surface area contributed by atoms with Gasteiger partial charge in [-0.2, -0.15) is 0 Å². The molecular weight excluding hydrogens is 448 g/mol. The summed E-state index contributed by atoms with van der Waals surface area (Å²) >= 11 is 0. The lowest BCUT2D eigenvalue weighted by molar-refractivity contribution is 0.0783. The number of benzene rings is 2. The highest BCUT2D eigenvalue weighted by Gasteiger charge is 2.21. The number of aromatic amines is 1. The standard InChI is InChI=1S/C23H28N2O7S/c1-25(10-7-11-32-15-8-6-9-16(12-15)33(5,27)28)23(26)18-13-17-19(29-2)14-20(30-3)22(31-4)21(17)24-18/h6,8-9,12-14,24H,7,10-11H2,1-5H3. The van der Waals surface area contributed by atoms with E-state index in [9.17, 15) is 13.2 Å². The quantitative estimate of drug-likeness (QED) is 0.448. The third-order valence-corrected chi connectivity index (χ3v) is 6.27. The average Bonchev–Trinajstić information content (AvgIpc) is 3.25. The van der Waals surface area contributed by atoms with E-state index in [2.05, 4.69) is 4.98 Å². The maximum Gasteiger partial charge on any atom is 0.270 e. The summed E-state index contributed by atoms with van der Waals surface area (Å²) in [6.45, 7) is 0.772. The molecule has 3 aromatic rings. The molecular formula is C23H28N2O7S. The van der Waals surface area contributed by atoms with E-state index >= 15 is 0 Å². The van der Waals surface area contributed by atoms with Gasteiger partial charge in [-0.05, 0) is 30.7 Å². The molecule has 0 radical (unpaired) electrons. The van der Waals surface area contributed by atoms with Crippen molar-refractivity contribution in [2.45, 2.75) is 11.3 Å². The molecule has 0 bridgehead atoms. The van der Waals surface area contributed by atoms with Gasteiger partial charge in [0.15, 0.2) is 21.3 Å². The van der Waals surface area contributed by atoms with Gasteiger partial charge in [-0.25, -0.2) is 8.42 Å². The summed E-state index contributed by atoms with van der Waals surface area (Å²) < 4.78 is 45.3. The summed E-state index contributed by atoms with van der Waals surface area (Å²) in [6.07, 6.45) is 1.71. The lowest BCUT2D eigenvalue weighted by Gasteiger charge is -2.16. The van der Waals surface area contributed by atoms with Crippen molar-refractivity contribution in [2.75, 3.05) is 47.8 Å². The number of amides is 1. The first-order chi connectivity index (χ1) is 15.7. The van der Waals surface area contributed by atoms with Crippen LogP contribution in [0.25, 0.3) is 10.9 Å². The number of hydrogen-bond donors (Lipinski definition) is 1. The zero-order valence-corrected chi connectivity index (χ0v) is 20.1. The summed E-state index contributed by atoms with van der Waals surface area (Å²) in [5.74, 6) is 1.81. The number of sulfone groups is 1. The van der Waals surface area contributed by atoms with Crippen molar-refractivity contribution in [3.8, 4) is 23.0 Å². The van der Waals surface area contributed by atoms with Crippen LogP contribution in [-0.4, -0.2) is 72.0 Å². The van der Waals surface area contributed by atoms with Gasteiger partial charge in [0.05, 0.1) is 38.3 Å². The van der Waals surface area contributed by atoms with Crippen molar-refractivity contribution >= 4 is 26.6 Å². The van der Waals surface area contributed by atoms with Crippen LogP contribution in [0.15, 0.2) is 41.3 Å². The lowest BCUT2D eigenvalue weighted by atomic mass is 10.2. The molecule has 1 amide bonds. The van der Waals surface area contributed by atoms with E-state index in [1.165, 1.54) is 26.4 Å². The van der Waals surface area contributed by atoms with Gasteiger partial charge in [-0.3, -0.25) is 4.79 Å². The normalized spacial score (nSPS) is 11.3. The second-order valence-corrected chi connectivity index (χ2v) is 9.48. The molecule has 0 saturated heterocycles. The number of aromatic nitrogens is 1. The minimum Gasteiger partial charge on any atom is -0.496 e. The highest BCUT2D eigenvalue weighted by Crippen LogP contribution is 2.41. The molecule has 0 atom stereocenters. The Kier molecular flexibility index (Phi) is 7.37. The number of fused-ring (bicyclic) bond motifs is 1. The SMILES string of the molecule is COc1cc(OC)c2cc(C(=O)N(C)CCCOc3cccc(S(C)(=O)=O)c3)[nH]c2c1OC. The Morgan fingerprint density at radius 1 is 1.03 bits per heavy atom. The minimum atomic E-state index is -3.30. The van der Waals surface area contributed by atoms with Crippen LogP contribution in [0.2, 0.25) is 0 Å². The lowest BCUT2D eigenvalue weighted by Crippen LogP contribution is -2.28. The number of H-pyrrole nitrogens is 1. The molecule has 1 aromatic heterocycles. The molecule has 2 aromatic carbocycles. The minimum absolute atomic E-state index is 0.201. The molecule has 0 aliphatic rings. The van der Waals surface area contributed by atoms with E-state index < -0.39 is 9.84 Å². The van der Waals surface area contributed by atoms with E-state index in [0.29, 0.717) is 59.2 Å². The molecule has 1 heterocycles. The number of nitrogens with one attached hydrogen (secondary N) is 1. The second kappa shape index (κ2) is 10.0. The fraction of sp³-hybridized carbons (Fsp3) is 0.348. The maximum absolute atomic E-state index is 13.0. The largest absolute Gasteiger partial charge is 0.496 e. The molecule has 33 heavy (non-hydrogen) atoms. The molecule has 0 unspecified atom stereocenters. The van der Waals surface area contributed by atoms with Crippen molar-refractivity contribution in [3.63, 3.8) is 0 Å². The van der Waals surface area contributed by atoms with E-state index in [0.717, 1.165) is 6.26 Å². The second-order valence-electron chi connectivity index (χ2n) is 7.46. The number of ether oxygens (including phenoxy) is 4. The van der Waals surface area contributed by atoms with Crippen molar-refractivity contribution in [3.05, 3.63) is 42.1 Å². The van der Waals surface area contributed by atoms with Crippen LogP contribution in [0.4, 0.5) is 0 Å². The van der Waals surface area contributed by atoms with Crippen LogP contribution in [0, 0.1) is 0 Å². The molecule has 0 aliphatic carbocycles. The molecule has 1 N–H and O–H groups in total. The first-order valence-electron chi connectivity index (χ1n) is 10.2. The fourth-order valence-corrected chi connectivity index (χ4v) is 4.10. The molecule has 178 valence electrons. The van der Waals surface area contributed by atoms with Gasteiger partial charge in [0.25, 0.3) is 5.91 Å². The first-order valence-corrected chi connectivity index (χ1v) is 12.1. The number of methoxy groups -OCH3 is 3. The van der Waals surface area contributed by atoms with Crippen molar-refractivity contribution in [1.29, 1.82) is 0 Å². The van der Waals surface area contributed by atoms with Gasteiger partial charge in [-0.15, -0.1) is 0 Å². The van der Waals surface area contributed by atoms with Crippen molar-refractivity contribution < 1.29 is 32.2 Å². The van der Waals surface area contributed by atoms with E-state index in [4.69, 9.17) is 18.9 Å². The van der Waals surface area contributed by atoms with E-state index in [-0.39, 0.29) is 10.8 Å². The van der Waals surface area contributed by atoms with E-state index in [1.807, 2.05) is 0 Å². The molecule has 0 saturated carbocycles. The van der Waals surface area contributed by atoms with E-state index in [1.54, 1.807) is 43.3 Å². The predicted octanol–water partition coefficient (Wildman–Crippen LogP) is 3.14. The topological polar surface area (TPSA) is 107 Å². The van der Waals surface area contributed by atoms with Crippen LogP contribution >= 0.6 is 0 Å². The molecule has 0 spiro atoms. The Morgan fingerprint density at radius 2 is 1.76 bits per heavy atom. The van der Waals surface area contributed by atoms with Gasteiger partial charge in [-0.1, -0.05) is 6.07 Å². The number of carbonyl (C=O) groups excluding carboxylic acids is 1. The van der Waals surface area contributed by atoms with Crippen LogP contribution in [-0.2, 0) is 9.84 Å². The maximum atomic E-state index is 13.0. The zero-order valence-electron chi connectivity index (χ0n) is 19.3. The summed E-state index contributed by atoms with van der Waals surface area (Å²) in [5.41, 5.74) is 0.999. The first kappa shape index (κ1) is 24.2. The Labute approximate surface area is 193 Å². The average molecular weight is 477 g/mol. The van der Waals surface area contributed by atoms with Crippen LogP contribution in [0.3, 0.4) is 0 Å². The number of rotatable bonds is 10. The van der Waals surface area contributed by atoms with Gasteiger partial charge in [0, 0.05) is 31.3 Å². The summed E-state index contributed by atoms with van der Waals surface area (Å²) in [4.78, 5) is 17.9. The van der Waals surface area contributed by atoms with Crippen LogP contribution < -0.4 is 18.9 Å². The zero-order chi connectivity index (χ0) is 24.2. The molecule has 0 aliphatic heterocycles. The fourth-order valence-electron chi connectivity index (χ4n) is 3.45. The summed E-state index contributed by atoms with van der Waals surface area (Å²) in [5, 5.41) is 0.709. The Bertz CT molecular complexity index is 1250. The smallest absolute Gasteiger partial charge is 0.270 e. The highest BCUT2D eigenvalue weighted by atomic mass is 32.2. The Balaban J connectivity index is 1.67. The number of nitrogens with zero attached hydrogens (tertiary/aromatic N) is 1. The molecule has 9 nitrogen and oxygen atoms in total. The molecule has 0 fully saturated rings. The van der Waals surface area contributed by atoms with Crippen LogP contribution in [0.5, 0.6) is 23.0 Å². The summed E-state index contributed by atoms with van der Waals surface area (Å²) in [6, 6.07) is 9.78. The van der Waals surface area contributed by atoms with Crippen LogP contribution in [0.1, 0.15) is 16.9 Å². The Morgan fingerprint density at radius 3 is 2.39 bits per heavy atom. The molecule has 10 heteroatoms. The Hall–Kier alpha value is -3.40. The van der Waals surface area contributed by atoms with Gasteiger partial charge >= 0.3 is 0 Å². The molecule has 3 rings (SSSR count). The van der Waals surface area contributed by atoms with Gasteiger partial charge in [0.2, 0.25) is 0 Å². The monoisotopic (exact) mass is 476 g/mol. The van der Waals surface area contributed by atoms with Gasteiger partial charge in [0.1, 0.15) is 17.2 Å². The van der Waals surface area contributed by atoms with Gasteiger partial charge < -0.3 is 28.8 Å². The number of carbonyl (C=O) groups is 1. The third kappa shape index (κ3) is 5.33. The van der Waals surface area contributed by atoms with Crippen molar-refractivity contribution in [1.82, 2.24) is 9.88 Å². The summed E-state index contributed by atoms with van der Waals surface area (Å²) in [7, 11) is 3.02.